The van der Waals surface area contributed by atoms with E-state index in [1.807, 2.05) is 6.07 Å². The fourth-order valence-electron chi connectivity index (χ4n) is 2.95. The van der Waals surface area contributed by atoms with Crippen molar-refractivity contribution in [2.24, 2.45) is 5.92 Å². The first-order chi connectivity index (χ1) is 10.3. The predicted octanol–water partition coefficient (Wildman–Crippen LogP) is 2.10. The SMILES string of the molecule is O=C(CCc1ccc2c(c1)CCO2)NCC1CCOCC1. The van der Waals surface area contributed by atoms with Crippen LogP contribution in [-0.2, 0) is 22.4 Å². The lowest BCUT2D eigenvalue weighted by molar-refractivity contribution is -0.121. The molecule has 21 heavy (non-hydrogen) atoms. The monoisotopic (exact) mass is 289 g/mol. The molecule has 0 unspecified atom stereocenters. The minimum atomic E-state index is 0.151. The van der Waals surface area contributed by atoms with E-state index in [1.54, 1.807) is 0 Å². The van der Waals surface area contributed by atoms with Crippen molar-refractivity contribution in [3.63, 3.8) is 0 Å². The van der Waals surface area contributed by atoms with Crippen LogP contribution in [0.15, 0.2) is 18.2 Å². The Kier molecular flexibility index (Phi) is 4.76. The second-order valence-electron chi connectivity index (χ2n) is 5.90. The maximum atomic E-state index is 11.9. The van der Waals surface area contributed by atoms with Crippen molar-refractivity contribution in [1.29, 1.82) is 0 Å². The fourth-order valence-corrected chi connectivity index (χ4v) is 2.95. The van der Waals surface area contributed by atoms with E-state index in [0.717, 1.165) is 57.8 Å². The Morgan fingerprint density at radius 1 is 1.24 bits per heavy atom. The molecule has 0 aromatic heterocycles. The Labute approximate surface area is 125 Å². The fraction of sp³-hybridized carbons (Fsp3) is 0.588. The van der Waals surface area contributed by atoms with E-state index in [-0.39, 0.29) is 5.91 Å². The summed E-state index contributed by atoms with van der Waals surface area (Å²) in [6, 6.07) is 6.27. The number of benzene rings is 1. The van der Waals surface area contributed by atoms with Crippen LogP contribution >= 0.6 is 0 Å². The van der Waals surface area contributed by atoms with Crippen molar-refractivity contribution in [2.75, 3.05) is 26.4 Å². The van der Waals surface area contributed by atoms with Gasteiger partial charge in [0.15, 0.2) is 0 Å². The number of carbonyl (C=O) groups is 1. The number of fused-ring (bicyclic) bond motifs is 1. The number of nitrogens with one attached hydrogen (secondary N) is 1. The molecule has 1 aromatic rings. The number of rotatable bonds is 5. The third-order valence-electron chi connectivity index (χ3n) is 4.32. The van der Waals surface area contributed by atoms with Crippen molar-refractivity contribution in [1.82, 2.24) is 5.32 Å². The van der Waals surface area contributed by atoms with Gasteiger partial charge in [-0.3, -0.25) is 4.79 Å². The lowest BCUT2D eigenvalue weighted by Gasteiger charge is -2.22. The van der Waals surface area contributed by atoms with Crippen molar-refractivity contribution < 1.29 is 14.3 Å². The van der Waals surface area contributed by atoms with Gasteiger partial charge >= 0.3 is 0 Å². The van der Waals surface area contributed by atoms with Gasteiger partial charge in [0.2, 0.25) is 5.91 Å². The molecular formula is C17H23NO3. The standard InChI is InChI=1S/C17H23NO3/c19-17(18-12-14-5-8-20-9-6-14)4-2-13-1-3-16-15(11-13)7-10-21-16/h1,3,11,14H,2,4-10,12H2,(H,18,19). The number of amides is 1. The van der Waals surface area contributed by atoms with E-state index in [2.05, 4.69) is 17.4 Å². The Morgan fingerprint density at radius 2 is 2.10 bits per heavy atom. The molecule has 2 aliphatic rings. The van der Waals surface area contributed by atoms with Gasteiger partial charge in [0, 0.05) is 32.6 Å². The molecule has 1 aromatic carbocycles. The van der Waals surface area contributed by atoms with Crippen molar-refractivity contribution in [2.45, 2.75) is 32.1 Å². The third kappa shape index (κ3) is 3.97. The quantitative estimate of drug-likeness (QED) is 0.903. The highest BCUT2D eigenvalue weighted by Crippen LogP contribution is 2.26. The Balaban J connectivity index is 1.41. The molecule has 0 spiro atoms. The first-order valence-corrected chi connectivity index (χ1v) is 7.90. The summed E-state index contributed by atoms with van der Waals surface area (Å²) < 4.78 is 10.8. The molecule has 2 aliphatic heterocycles. The summed E-state index contributed by atoms with van der Waals surface area (Å²) in [6.07, 6.45) is 4.46. The molecule has 114 valence electrons. The van der Waals surface area contributed by atoms with E-state index < -0.39 is 0 Å². The first-order valence-electron chi connectivity index (χ1n) is 7.90. The minimum Gasteiger partial charge on any atom is -0.493 e. The van der Waals surface area contributed by atoms with Crippen molar-refractivity contribution in [3.8, 4) is 5.75 Å². The minimum absolute atomic E-state index is 0.151. The van der Waals surface area contributed by atoms with E-state index in [9.17, 15) is 4.79 Å². The van der Waals surface area contributed by atoms with Gasteiger partial charge in [0.05, 0.1) is 6.61 Å². The lowest BCUT2D eigenvalue weighted by atomic mass is 10.0. The van der Waals surface area contributed by atoms with Crippen molar-refractivity contribution >= 4 is 5.91 Å². The molecule has 1 N–H and O–H groups in total. The van der Waals surface area contributed by atoms with Gasteiger partial charge in [-0.2, -0.15) is 0 Å². The van der Waals surface area contributed by atoms with E-state index in [4.69, 9.17) is 9.47 Å². The largest absolute Gasteiger partial charge is 0.493 e. The zero-order valence-corrected chi connectivity index (χ0v) is 12.4. The summed E-state index contributed by atoms with van der Waals surface area (Å²) in [5.74, 6) is 1.74. The van der Waals surface area contributed by atoms with E-state index in [0.29, 0.717) is 12.3 Å². The Bertz CT molecular complexity index is 495. The van der Waals surface area contributed by atoms with Gasteiger partial charge in [0.25, 0.3) is 0 Å². The third-order valence-corrected chi connectivity index (χ3v) is 4.32. The topological polar surface area (TPSA) is 47.6 Å². The molecule has 3 rings (SSSR count). The molecular weight excluding hydrogens is 266 g/mol. The molecule has 0 saturated carbocycles. The molecule has 0 atom stereocenters. The highest BCUT2D eigenvalue weighted by atomic mass is 16.5. The molecule has 0 bridgehead atoms. The Morgan fingerprint density at radius 3 is 2.95 bits per heavy atom. The molecule has 0 aliphatic carbocycles. The zero-order chi connectivity index (χ0) is 14.5. The van der Waals surface area contributed by atoms with Gasteiger partial charge in [-0.15, -0.1) is 0 Å². The predicted molar refractivity (Wildman–Crippen MR) is 80.5 cm³/mol. The zero-order valence-electron chi connectivity index (χ0n) is 12.4. The second kappa shape index (κ2) is 6.94. The summed E-state index contributed by atoms with van der Waals surface area (Å²) >= 11 is 0. The average molecular weight is 289 g/mol. The van der Waals surface area contributed by atoms with Crippen LogP contribution in [0.25, 0.3) is 0 Å². The number of hydrogen-bond donors (Lipinski definition) is 1. The number of hydrogen-bond acceptors (Lipinski definition) is 3. The Hall–Kier alpha value is -1.55. The van der Waals surface area contributed by atoms with Crippen LogP contribution in [0, 0.1) is 5.92 Å². The van der Waals surface area contributed by atoms with Gasteiger partial charge in [0.1, 0.15) is 5.75 Å². The first kappa shape index (κ1) is 14.4. The van der Waals surface area contributed by atoms with Crippen LogP contribution in [0.1, 0.15) is 30.4 Å². The van der Waals surface area contributed by atoms with Crippen LogP contribution in [0.5, 0.6) is 5.75 Å². The molecule has 4 nitrogen and oxygen atoms in total. The summed E-state index contributed by atoms with van der Waals surface area (Å²) in [4.78, 5) is 11.9. The smallest absolute Gasteiger partial charge is 0.220 e. The van der Waals surface area contributed by atoms with Crippen LogP contribution < -0.4 is 10.1 Å². The number of ether oxygens (including phenoxy) is 2. The van der Waals surface area contributed by atoms with Crippen LogP contribution in [0.4, 0.5) is 0 Å². The van der Waals surface area contributed by atoms with Gasteiger partial charge < -0.3 is 14.8 Å². The molecule has 1 fully saturated rings. The summed E-state index contributed by atoms with van der Waals surface area (Å²) in [6.45, 7) is 3.24. The summed E-state index contributed by atoms with van der Waals surface area (Å²) in [7, 11) is 0. The van der Waals surface area contributed by atoms with Gasteiger partial charge in [-0.25, -0.2) is 0 Å². The molecule has 1 saturated heterocycles. The van der Waals surface area contributed by atoms with Crippen LogP contribution in [0.2, 0.25) is 0 Å². The van der Waals surface area contributed by atoms with Gasteiger partial charge in [-0.1, -0.05) is 12.1 Å². The number of carbonyl (C=O) groups excluding carboxylic acids is 1. The average Bonchev–Trinajstić information content (AvgIpc) is 2.99. The van der Waals surface area contributed by atoms with Crippen LogP contribution in [-0.4, -0.2) is 32.3 Å². The highest BCUT2D eigenvalue weighted by molar-refractivity contribution is 5.76. The second-order valence-corrected chi connectivity index (χ2v) is 5.90. The maximum absolute atomic E-state index is 11.9. The summed E-state index contributed by atoms with van der Waals surface area (Å²) in [5.41, 5.74) is 2.50. The van der Waals surface area contributed by atoms with Crippen molar-refractivity contribution in [3.05, 3.63) is 29.3 Å². The lowest BCUT2D eigenvalue weighted by Crippen LogP contribution is -2.32. The molecule has 4 heteroatoms. The number of aryl methyl sites for hydroxylation is 1. The van der Waals surface area contributed by atoms with Crippen LogP contribution in [0.3, 0.4) is 0 Å². The highest BCUT2D eigenvalue weighted by Gasteiger charge is 2.15. The van der Waals surface area contributed by atoms with E-state index >= 15 is 0 Å². The normalized spacial score (nSPS) is 18.1. The maximum Gasteiger partial charge on any atom is 0.220 e. The summed E-state index contributed by atoms with van der Waals surface area (Å²) in [5, 5.41) is 3.06. The molecule has 2 heterocycles. The van der Waals surface area contributed by atoms with E-state index in [1.165, 1.54) is 11.1 Å². The molecule has 1 amide bonds. The van der Waals surface area contributed by atoms with Gasteiger partial charge in [-0.05, 0) is 42.4 Å². The molecule has 0 radical (unpaired) electrons.